The van der Waals surface area contributed by atoms with E-state index in [-0.39, 0.29) is 35.7 Å². The first-order chi connectivity index (χ1) is 22.1. The van der Waals surface area contributed by atoms with Crippen molar-refractivity contribution in [3.8, 4) is 5.75 Å². The first-order valence-electron chi connectivity index (χ1n) is 13.7. The van der Waals surface area contributed by atoms with E-state index in [4.69, 9.17) is 24.5 Å². The third-order valence-corrected chi connectivity index (χ3v) is 11.4. The van der Waals surface area contributed by atoms with Crippen molar-refractivity contribution in [1.82, 2.24) is 9.55 Å². The molecule has 1 saturated heterocycles. The van der Waals surface area contributed by atoms with Crippen LogP contribution in [0, 0.1) is 15.5 Å². The number of anilines is 1. The van der Waals surface area contributed by atoms with E-state index in [1.54, 1.807) is 20.8 Å². The van der Waals surface area contributed by atoms with Crippen molar-refractivity contribution < 1.29 is 69.9 Å². The van der Waals surface area contributed by atoms with Gasteiger partial charge in [-0.2, -0.15) is 13.6 Å². The Morgan fingerprint density at radius 3 is 2.35 bits per heavy atom. The predicted octanol–water partition coefficient (Wildman–Crippen LogP) is 3.35. The molecule has 7 atom stereocenters. The molecule has 0 spiro atoms. The lowest BCUT2D eigenvalue weighted by Crippen LogP contribution is -2.30. The zero-order valence-electron chi connectivity index (χ0n) is 26.6. The van der Waals surface area contributed by atoms with Crippen LogP contribution in [0.25, 0.3) is 0 Å². The van der Waals surface area contributed by atoms with Gasteiger partial charge in [-0.3, -0.25) is 28.3 Å². The minimum atomic E-state index is -5.35. The second-order valence-corrected chi connectivity index (χ2v) is 16.3. The molecule has 1 aromatic heterocycles. The Hall–Kier alpha value is -2.61. The largest absolute Gasteiger partial charge is 0.497 e. The number of phosphoric ester groups is 2. The van der Waals surface area contributed by atoms with Crippen molar-refractivity contribution >= 4 is 35.0 Å². The summed E-state index contributed by atoms with van der Waals surface area (Å²) in [6.45, 7) is 4.29. The van der Waals surface area contributed by atoms with Gasteiger partial charge >= 0.3 is 29.2 Å². The molecule has 2 aromatic rings. The summed E-state index contributed by atoms with van der Waals surface area (Å²) < 4.78 is 76.0. The van der Waals surface area contributed by atoms with Gasteiger partial charge in [0.25, 0.3) is 5.69 Å². The maximum absolute atomic E-state index is 12.8. The Morgan fingerprint density at radius 1 is 1.15 bits per heavy atom. The normalized spacial score (nSPS) is 22.7. The van der Waals surface area contributed by atoms with E-state index in [9.17, 15) is 43.5 Å². The van der Waals surface area contributed by atoms with Crippen molar-refractivity contribution in [3.63, 3.8) is 0 Å². The molecule has 1 aromatic carbocycles. The van der Waals surface area contributed by atoms with Crippen molar-refractivity contribution in [2.45, 2.75) is 58.3 Å². The van der Waals surface area contributed by atoms with Gasteiger partial charge in [0.2, 0.25) is 0 Å². The molecular weight excluding hydrogens is 709 g/mol. The Labute approximate surface area is 273 Å². The highest BCUT2D eigenvalue weighted by Crippen LogP contribution is 2.69. The van der Waals surface area contributed by atoms with Gasteiger partial charge < -0.3 is 34.8 Å². The van der Waals surface area contributed by atoms with Crippen molar-refractivity contribution in [1.29, 1.82) is 0 Å². The average molecular weight is 746 g/mol. The maximum Gasteiger partial charge on any atom is 0.492 e. The van der Waals surface area contributed by atoms with Crippen LogP contribution in [0.4, 0.5) is 11.5 Å². The second kappa shape index (κ2) is 15.5. The van der Waals surface area contributed by atoms with Crippen LogP contribution in [0.5, 0.6) is 5.75 Å². The highest BCUT2D eigenvalue weighted by atomic mass is 31.3. The van der Waals surface area contributed by atoms with E-state index in [0.717, 1.165) is 11.7 Å². The first-order valence-corrected chi connectivity index (χ1v) is 18.2. The number of nitrogen functional groups attached to an aromatic ring is 1. The number of phosphoric acid groups is 3. The molecule has 1 fully saturated rings. The topological polar surface area (TPSA) is 290 Å². The van der Waals surface area contributed by atoms with Crippen molar-refractivity contribution in [2.75, 3.05) is 33.7 Å². The fourth-order valence-electron chi connectivity index (χ4n) is 4.45. The fraction of sp³-hybridized carbons (Fsp3) is 0.583. The molecule has 2 heterocycles. The van der Waals surface area contributed by atoms with Crippen molar-refractivity contribution in [3.05, 3.63) is 56.1 Å². The molecule has 0 saturated carbocycles. The maximum atomic E-state index is 12.8. The number of nitro benzene ring substituents is 1. The summed E-state index contributed by atoms with van der Waals surface area (Å²) in [5.41, 5.74) is 4.66. The monoisotopic (exact) mass is 746 g/mol. The van der Waals surface area contributed by atoms with Gasteiger partial charge in [0.1, 0.15) is 23.9 Å². The molecule has 21 nitrogen and oxygen atoms in total. The summed E-state index contributed by atoms with van der Waals surface area (Å²) in [7, 11) is -12.7. The number of ether oxygens (including phenoxy) is 3. The van der Waals surface area contributed by atoms with Gasteiger partial charge in [0.15, 0.2) is 0 Å². The molecule has 48 heavy (non-hydrogen) atoms. The summed E-state index contributed by atoms with van der Waals surface area (Å²) in [5, 5.41) is 22.4. The Kier molecular flexibility index (Phi) is 12.9. The van der Waals surface area contributed by atoms with Crippen molar-refractivity contribution in [2.24, 2.45) is 5.41 Å². The molecular formula is C24H37N4O17P3. The zero-order valence-corrected chi connectivity index (χ0v) is 29.2. The number of nitrogens with two attached hydrogens (primary N) is 1. The minimum Gasteiger partial charge on any atom is -0.497 e. The molecule has 3 rings (SSSR count). The van der Waals surface area contributed by atoms with E-state index in [0.29, 0.717) is 12.9 Å². The minimum absolute atomic E-state index is 0.188. The van der Waals surface area contributed by atoms with E-state index in [1.807, 2.05) is 0 Å². The number of rotatable bonds is 16. The molecule has 270 valence electrons. The van der Waals surface area contributed by atoms with Crippen LogP contribution in [0.2, 0.25) is 0 Å². The number of nitrogens with zero attached hydrogens (tertiary/aromatic N) is 3. The van der Waals surface area contributed by atoms with Crippen LogP contribution in [-0.2, 0) is 52.0 Å². The van der Waals surface area contributed by atoms with Gasteiger partial charge in [-0.25, -0.2) is 18.5 Å². The molecule has 1 aliphatic heterocycles. The molecule has 4 unspecified atom stereocenters. The molecule has 0 radical (unpaired) electrons. The smallest absolute Gasteiger partial charge is 0.492 e. The lowest BCUT2D eigenvalue weighted by Gasteiger charge is -2.31. The lowest BCUT2D eigenvalue weighted by molar-refractivity contribution is -0.386. The SMILES string of the molecule is COc1ccc([N+](=O)[O-])c([C@@H](OCc2cn([C@H]3CC(O)[C@@H](COP(=O)(O)OP(=O)(OC)OP(=O)(O)OC)O3)c(=O)nc2N)C(C)(C)C)c1. The number of methoxy groups -OCH3 is 1. The van der Waals surface area contributed by atoms with Crippen LogP contribution >= 0.6 is 23.5 Å². The van der Waals surface area contributed by atoms with Crippen LogP contribution in [0.3, 0.4) is 0 Å². The summed E-state index contributed by atoms with van der Waals surface area (Å²) in [6, 6.07) is 4.24. The van der Waals surface area contributed by atoms with Gasteiger partial charge in [-0.05, 0) is 17.5 Å². The molecule has 24 heteroatoms. The summed E-state index contributed by atoms with van der Waals surface area (Å²) in [4.78, 5) is 47.2. The second-order valence-electron chi connectivity index (χ2n) is 11.2. The highest BCUT2D eigenvalue weighted by Gasteiger charge is 2.45. The number of aliphatic hydroxyl groups excluding tert-OH is 1. The van der Waals surface area contributed by atoms with Gasteiger partial charge in [0, 0.05) is 38.5 Å². The Bertz CT molecular complexity index is 1680. The Balaban J connectivity index is 1.78. The average Bonchev–Trinajstić information content (AvgIpc) is 3.35. The third kappa shape index (κ3) is 10.2. The Morgan fingerprint density at radius 2 is 1.79 bits per heavy atom. The summed E-state index contributed by atoms with van der Waals surface area (Å²) in [5.74, 6) is 0.164. The summed E-state index contributed by atoms with van der Waals surface area (Å²) in [6.07, 6.45) is -3.77. The highest BCUT2D eigenvalue weighted by molar-refractivity contribution is 7.67. The zero-order chi connectivity index (χ0) is 36.2. The van der Waals surface area contributed by atoms with E-state index in [2.05, 4.69) is 22.7 Å². The van der Waals surface area contributed by atoms with E-state index >= 15 is 0 Å². The number of nitro groups is 1. The quantitative estimate of drug-likeness (QED) is 0.109. The number of hydrogen-bond donors (Lipinski definition) is 4. The molecule has 0 aliphatic carbocycles. The standard InChI is InChI=1S/C24H37N4O17P3/c1-24(2,3)21(16-9-15(38-4)7-8-17(16)28(31)32)41-12-14-11-27(23(30)26-22(14)25)20-10-18(29)19(43-20)13-42-47(35,36)45-48(37,40-6)44-46(33,34)39-5/h7-9,11,18-21,29H,10,12-13H2,1-6H3,(H,33,34)(H,35,36)(H2,25,26,30)/t18?,19-,20-,21-,48?/m1/s1. The molecule has 1 aliphatic rings. The van der Waals surface area contributed by atoms with Crippen LogP contribution < -0.4 is 16.2 Å². The third-order valence-electron chi connectivity index (χ3n) is 6.74. The van der Waals surface area contributed by atoms with Gasteiger partial charge in [-0.15, -0.1) is 0 Å². The number of aromatic nitrogens is 2. The summed E-state index contributed by atoms with van der Waals surface area (Å²) >= 11 is 0. The molecule has 5 N–H and O–H groups in total. The van der Waals surface area contributed by atoms with E-state index in [1.165, 1.54) is 31.5 Å². The number of benzene rings is 1. The first kappa shape index (κ1) is 39.8. The lowest BCUT2D eigenvalue weighted by atomic mass is 9.83. The fourth-order valence-corrected chi connectivity index (χ4v) is 8.18. The molecule has 0 bridgehead atoms. The van der Waals surface area contributed by atoms with Crippen LogP contribution in [0.15, 0.2) is 29.2 Å². The van der Waals surface area contributed by atoms with Gasteiger partial charge in [-0.1, -0.05) is 20.8 Å². The van der Waals surface area contributed by atoms with Crippen LogP contribution in [-0.4, -0.2) is 69.5 Å². The predicted molar refractivity (Wildman–Crippen MR) is 163 cm³/mol. The van der Waals surface area contributed by atoms with Gasteiger partial charge in [0.05, 0.1) is 43.0 Å². The number of aliphatic hydroxyl groups is 1. The molecule has 0 amide bonds. The number of hydrogen-bond acceptors (Lipinski definition) is 17. The van der Waals surface area contributed by atoms with Crippen LogP contribution in [0.1, 0.15) is 50.7 Å². The van der Waals surface area contributed by atoms with E-state index < -0.39 is 70.6 Å².